The fourth-order valence-corrected chi connectivity index (χ4v) is 1.34. The van der Waals surface area contributed by atoms with Crippen LogP contribution >= 0.6 is 0 Å². The molecule has 1 heterocycles. The van der Waals surface area contributed by atoms with E-state index in [4.69, 9.17) is 5.73 Å². The number of carbonyl (C=O) groups excluding carboxylic acids is 1. The van der Waals surface area contributed by atoms with Crippen molar-refractivity contribution < 1.29 is 22.7 Å². The van der Waals surface area contributed by atoms with Gasteiger partial charge in [0.05, 0.1) is 6.61 Å². The average molecular weight is 262 g/mol. The van der Waals surface area contributed by atoms with E-state index in [9.17, 15) is 18.0 Å². The Morgan fingerprint density at radius 3 is 2.78 bits per heavy atom. The normalized spacial score (nSPS) is 13.2. The topological polar surface area (TPSA) is 65.2 Å². The Hall–Kier alpha value is -1.63. The summed E-state index contributed by atoms with van der Waals surface area (Å²) >= 11 is 0. The number of nitrogens with zero attached hydrogens (tertiary/aromatic N) is 1. The highest BCUT2D eigenvalue weighted by molar-refractivity contribution is 5.75. The number of pyridine rings is 1. The molecule has 0 aliphatic carbocycles. The number of rotatable bonds is 4. The zero-order valence-corrected chi connectivity index (χ0v) is 9.70. The number of alkyl halides is 3. The lowest BCUT2D eigenvalue weighted by atomic mass is 10.1. The Labute approximate surface area is 102 Å². The number of esters is 1. The number of hydrogen-bond donors (Lipinski definition) is 1. The van der Waals surface area contributed by atoms with Gasteiger partial charge >= 0.3 is 12.1 Å². The van der Waals surface area contributed by atoms with Crippen molar-refractivity contribution in [3.05, 3.63) is 29.6 Å². The first-order valence-corrected chi connectivity index (χ1v) is 5.29. The van der Waals surface area contributed by atoms with Crippen molar-refractivity contribution in [1.29, 1.82) is 0 Å². The summed E-state index contributed by atoms with van der Waals surface area (Å²) in [6.07, 6.45) is -3.50. The third-order valence-corrected chi connectivity index (χ3v) is 2.16. The quantitative estimate of drug-likeness (QED) is 0.836. The molecule has 0 fully saturated rings. The van der Waals surface area contributed by atoms with Gasteiger partial charge in [0.25, 0.3) is 0 Å². The van der Waals surface area contributed by atoms with Crippen LogP contribution in [-0.2, 0) is 22.1 Å². The number of ether oxygens (including phenoxy) is 1. The van der Waals surface area contributed by atoms with Crippen molar-refractivity contribution in [1.82, 2.24) is 4.98 Å². The lowest BCUT2D eigenvalue weighted by Crippen LogP contribution is -2.34. The molecule has 0 saturated carbocycles. The van der Waals surface area contributed by atoms with E-state index in [1.54, 1.807) is 6.92 Å². The van der Waals surface area contributed by atoms with Gasteiger partial charge in [0.15, 0.2) is 0 Å². The van der Waals surface area contributed by atoms with Gasteiger partial charge in [-0.15, -0.1) is 0 Å². The van der Waals surface area contributed by atoms with Crippen molar-refractivity contribution in [3.63, 3.8) is 0 Å². The maximum atomic E-state index is 12.4. The number of aromatic nitrogens is 1. The fourth-order valence-electron chi connectivity index (χ4n) is 1.34. The van der Waals surface area contributed by atoms with E-state index >= 15 is 0 Å². The van der Waals surface area contributed by atoms with Gasteiger partial charge in [-0.25, -0.2) is 0 Å². The van der Waals surface area contributed by atoms with E-state index in [0.29, 0.717) is 0 Å². The zero-order valence-electron chi connectivity index (χ0n) is 9.70. The largest absolute Gasteiger partial charge is 0.465 e. The monoisotopic (exact) mass is 262 g/mol. The van der Waals surface area contributed by atoms with Gasteiger partial charge in [-0.3, -0.25) is 9.78 Å². The van der Waals surface area contributed by atoms with Crippen molar-refractivity contribution in [2.45, 2.75) is 25.6 Å². The molecule has 0 amide bonds. The molecule has 7 heteroatoms. The minimum Gasteiger partial charge on any atom is -0.465 e. The first-order chi connectivity index (χ1) is 8.34. The zero-order chi connectivity index (χ0) is 13.8. The Balaban J connectivity index is 2.76. The van der Waals surface area contributed by atoms with Gasteiger partial charge in [0, 0.05) is 6.20 Å². The van der Waals surface area contributed by atoms with E-state index < -0.39 is 23.9 Å². The Morgan fingerprint density at radius 1 is 1.56 bits per heavy atom. The molecule has 0 saturated heterocycles. The van der Waals surface area contributed by atoms with Crippen molar-refractivity contribution in [2.75, 3.05) is 6.61 Å². The van der Waals surface area contributed by atoms with E-state index in [2.05, 4.69) is 9.72 Å². The van der Waals surface area contributed by atoms with Crippen LogP contribution in [0.5, 0.6) is 0 Å². The second kappa shape index (κ2) is 5.81. The molecular weight excluding hydrogens is 249 g/mol. The van der Waals surface area contributed by atoms with Gasteiger partial charge in [-0.1, -0.05) is 0 Å². The van der Waals surface area contributed by atoms with Gasteiger partial charge in [0.2, 0.25) is 0 Å². The molecule has 1 aromatic rings. The molecule has 1 unspecified atom stereocenters. The smallest absolute Gasteiger partial charge is 0.433 e. The van der Waals surface area contributed by atoms with Crippen LogP contribution in [0.1, 0.15) is 18.2 Å². The van der Waals surface area contributed by atoms with Gasteiger partial charge in [-0.05, 0) is 31.0 Å². The molecule has 100 valence electrons. The minimum absolute atomic E-state index is 0.0234. The molecule has 1 rings (SSSR count). The summed E-state index contributed by atoms with van der Waals surface area (Å²) in [4.78, 5) is 14.5. The first-order valence-electron chi connectivity index (χ1n) is 5.29. The van der Waals surface area contributed by atoms with Crippen LogP contribution in [0.2, 0.25) is 0 Å². The van der Waals surface area contributed by atoms with E-state index in [0.717, 1.165) is 12.3 Å². The maximum absolute atomic E-state index is 12.4. The molecule has 0 aromatic carbocycles. The lowest BCUT2D eigenvalue weighted by Gasteiger charge is -2.11. The second-order valence-electron chi connectivity index (χ2n) is 3.61. The third kappa shape index (κ3) is 3.99. The number of halogens is 3. The Morgan fingerprint density at radius 2 is 2.22 bits per heavy atom. The minimum atomic E-state index is -4.51. The van der Waals surface area contributed by atoms with E-state index in [1.165, 1.54) is 6.07 Å². The summed E-state index contributed by atoms with van der Waals surface area (Å²) < 4.78 is 41.9. The predicted molar refractivity (Wildman–Crippen MR) is 57.6 cm³/mol. The van der Waals surface area contributed by atoms with Gasteiger partial charge < -0.3 is 10.5 Å². The van der Waals surface area contributed by atoms with Crippen LogP contribution < -0.4 is 5.73 Å². The summed E-state index contributed by atoms with van der Waals surface area (Å²) in [6, 6.07) is 1.28. The van der Waals surface area contributed by atoms with Gasteiger partial charge in [0.1, 0.15) is 11.7 Å². The Kier molecular flexibility index (Phi) is 4.66. The number of carbonyl (C=O) groups is 1. The molecule has 2 N–H and O–H groups in total. The highest BCUT2D eigenvalue weighted by Gasteiger charge is 2.32. The second-order valence-corrected chi connectivity index (χ2v) is 3.61. The fraction of sp³-hybridized carbons (Fsp3) is 0.455. The maximum Gasteiger partial charge on any atom is 0.433 e. The Bertz CT molecular complexity index is 421. The number of nitrogens with two attached hydrogens (primary N) is 1. The molecule has 1 atom stereocenters. The standard InChI is InChI=1S/C11H13F3N2O2/c1-2-18-10(17)8(15)5-7-3-4-16-9(6-7)11(12,13)14/h3-4,6,8H,2,5,15H2,1H3. The van der Waals surface area contributed by atoms with Crippen molar-refractivity contribution >= 4 is 5.97 Å². The van der Waals surface area contributed by atoms with E-state index in [1.807, 2.05) is 0 Å². The summed E-state index contributed by atoms with van der Waals surface area (Å²) in [7, 11) is 0. The average Bonchev–Trinajstić information content (AvgIpc) is 2.28. The highest BCUT2D eigenvalue weighted by atomic mass is 19.4. The molecule has 0 spiro atoms. The molecule has 0 radical (unpaired) electrons. The lowest BCUT2D eigenvalue weighted by molar-refractivity contribution is -0.144. The summed E-state index contributed by atoms with van der Waals surface area (Å²) in [5.41, 5.74) is 4.80. The molecule has 18 heavy (non-hydrogen) atoms. The molecule has 0 aliphatic rings. The third-order valence-electron chi connectivity index (χ3n) is 2.16. The summed E-state index contributed by atoms with van der Waals surface area (Å²) in [5.74, 6) is -0.636. The SMILES string of the molecule is CCOC(=O)C(N)Cc1ccnc(C(F)(F)F)c1. The summed E-state index contributed by atoms with van der Waals surface area (Å²) in [6.45, 7) is 1.80. The predicted octanol–water partition coefficient (Wildman–Crippen LogP) is 1.53. The number of hydrogen-bond acceptors (Lipinski definition) is 4. The molecular formula is C11H13F3N2O2. The van der Waals surface area contributed by atoms with Crippen LogP contribution in [-0.4, -0.2) is 23.6 Å². The van der Waals surface area contributed by atoms with Crippen LogP contribution in [0, 0.1) is 0 Å². The van der Waals surface area contributed by atoms with E-state index in [-0.39, 0.29) is 18.6 Å². The summed E-state index contributed by atoms with van der Waals surface area (Å²) in [5, 5.41) is 0. The van der Waals surface area contributed by atoms with Crippen LogP contribution in [0.25, 0.3) is 0 Å². The molecule has 4 nitrogen and oxygen atoms in total. The highest BCUT2D eigenvalue weighted by Crippen LogP contribution is 2.27. The van der Waals surface area contributed by atoms with Crippen molar-refractivity contribution in [2.24, 2.45) is 5.73 Å². The van der Waals surface area contributed by atoms with Gasteiger partial charge in [-0.2, -0.15) is 13.2 Å². The van der Waals surface area contributed by atoms with Crippen LogP contribution in [0.4, 0.5) is 13.2 Å². The van der Waals surface area contributed by atoms with Crippen LogP contribution in [0.15, 0.2) is 18.3 Å². The molecule has 1 aromatic heterocycles. The molecule has 0 aliphatic heterocycles. The first kappa shape index (κ1) is 14.4. The van der Waals surface area contributed by atoms with Crippen molar-refractivity contribution in [3.8, 4) is 0 Å². The van der Waals surface area contributed by atoms with Crippen LogP contribution in [0.3, 0.4) is 0 Å². The molecule has 0 bridgehead atoms.